The topological polar surface area (TPSA) is 49.8 Å². The van der Waals surface area contributed by atoms with Crippen LogP contribution in [0.5, 0.6) is 0 Å². The number of rotatable bonds is 1. The first-order chi connectivity index (χ1) is 9.74. The monoisotopic (exact) mass is 273 g/mol. The zero-order chi connectivity index (χ0) is 14.4. The molecule has 2 rings (SSSR count). The molecule has 1 aromatic carbocycles. The van der Waals surface area contributed by atoms with Crippen molar-refractivity contribution < 1.29 is 14.6 Å². The van der Waals surface area contributed by atoms with Gasteiger partial charge >= 0.3 is 0 Å². The number of aliphatic hydroxyl groups excluding tert-OH is 1. The van der Waals surface area contributed by atoms with Gasteiger partial charge in [0.1, 0.15) is 6.61 Å². The maximum atomic E-state index is 12.6. The Morgan fingerprint density at radius 2 is 2.25 bits per heavy atom. The van der Waals surface area contributed by atoms with E-state index in [4.69, 9.17) is 9.84 Å². The summed E-state index contributed by atoms with van der Waals surface area (Å²) < 4.78 is 5.37. The van der Waals surface area contributed by atoms with Crippen LogP contribution in [0.1, 0.15) is 27.9 Å². The van der Waals surface area contributed by atoms with Crippen molar-refractivity contribution in [3.8, 4) is 11.8 Å². The Hall–Kier alpha value is -1.83. The van der Waals surface area contributed by atoms with Crippen molar-refractivity contribution in [2.45, 2.75) is 13.3 Å². The van der Waals surface area contributed by atoms with Crippen LogP contribution in [0.25, 0.3) is 0 Å². The van der Waals surface area contributed by atoms with Gasteiger partial charge in [-0.25, -0.2) is 0 Å². The van der Waals surface area contributed by atoms with E-state index in [9.17, 15) is 4.79 Å². The van der Waals surface area contributed by atoms with Gasteiger partial charge in [-0.15, -0.1) is 0 Å². The van der Waals surface area contributed by atoms with Crippen LogP contribution in [0.3, 0.4) is 0 Å². The van der Waals surface area contributed by atoms with Gasteiger partial charge in [-0.1, -0.05) is 17.9 Å². The fourth-order valence-electron chi connectivity index (χ4n) is 2.26. The van der Waals surface area contributed by atoms with Crippen LogP contribution in [-0.4, -0.2) is 48.8 Å². The summed E-state index contributed by atoms with van der Waals surface area (Å²) in [6.07, 6.45) is 0.870. The van der Waals surface area contributed by atoms with Gasteiger partial charge in [-0.2, -0.15) is 0 Å². The second kappa shape index (κ2) is 7.09. The third kappa shape index (κ3) is 3.38. The number of amides is 1. The highest BCUT2D eigenvalue weighted by Crippen LogP contribution is 2.16. The lowest BCUT2D eigenvalue weighted by atomic mass is 10.0. The second-order valence-corrected chi connectivity index (χ2v) is 4.70. The van der Waals surface area contributed by atoms with E-state index in [-0.39, 0.29) is 12.5 Å². The quantitative estimate of drug-likeness (QED) is 0.782. The Labute approximate surface area is 119 Å². The molecular formula is C16H19NO3. The smallest absolute Gasteiger partial charge is 0.254 e. The van der Waals surface area contributed by atoms with Gasteiger partial charge in [0.2, 0.25) is 0 Å². The molecule has 1 saturated heterocycles. The van der Waals surface area contributed by atoms with Gasteiger partial charge in [-0.3, -0.25) is 4.79 Å². The van der Waals surface area contributed by atoms with Crippen molar-refractivity contribution >= 4 is 5.91 Å². The van der Waals surface area contributed by atoms with E-state index in [1.54, 1.807) is 0 Å². The maximum Gasteiger partial charge on any atom is 0.254 e. The molecule has 0 unspecified atom stereocenters. The van der Waals surface area contributed by atoms with Crippen molar-refractivity contribution in [2.24, 2.45) is 0 Å². The van der Waals surface area contributed by atoms with Crippen LogP contribution in [0.15, 0.2) is 18.2 Å². The summed E-state index contributed by atoms with van der Waals surface area (Å²) in [5.74, 6) is 5.53. The molecule has 0 bridgehead atoms. The molecule has 1 heterocycles. The molecule has 1 N–H and O–H groups in total. The molecule has 1 aliphatic heterocycles. The molecule has 0 aromatic heterocycles. The lowest BCUT2D eigenvalue weighted by Crippen LogP contribution is -2.33. The Bertz CT molecular complexity index is 534. The largest absolute Gasteiger partial charge is 0.384 e. The van der Waals surface area contributed by atoms with E-state index < -0.39 is 0 Å². The molecule has 0 aliphatic carbocycles. The summed E-state index contributed by atoms with van der Waals surface area (Å²) in [4.78, 5) is 14.4. The van der Waals surface area contributed by atoms with Crippen LogP contribution < -0.4 is 0 Å². The summed E-state index contributed by atoms with van der Waals surface area (Å²) in [6.45, 7) is 4.37. The van der Waals surface area contributed by atoms with E-state index in [2.05, 4.69) is 11.8 Å². The normalized spacial score (nSPS) is 15.2. The van der Waals surface area contributed by atoms with Crippen LogP contribution in [0.4, 0.5) is 0 Å². The van der Waals surface area contributed by atoms with Crippen molar-refractivity contribution in [2.75, 3.05) is 32.9 Å². The number of carbonyl (C=O) groups excluding carboxylic acids is 1. The van der Waals surface area contributed by atoms with E-state index >= 15 is 0 Å². The Balaban J connectivity index is 2.25. The van der Waals surface area contributed by atoms with Gasteiger partial charge in [0.25, 0.3) is 5.91 Å². The molecule has 1 aliphatic rings. The van der Waals surface area contributed by atoms with E-state index in [1.807, 2.05) is 30.0 Å². The molecule has 4 nitrogen and oxygen atoms in total. The first-order valence-electron chi connectivity index (χ1n) is 6.80. The van der Waals surface area contributed by atoms with Crippen LogP contribution >= 0.6 is 0 Å². The molecule has 20 heavy (non-hydrogen) atoms. The summed E-state index contributed by atoms with van der Waals surface area (Å²) in [5, 5.41) is 8.77. The average molecular weight is 273 g/mol. The number of hydrogen-bond acceptors (Lipinski definition) is 3. The van der Waals surface area contributed by atoms with Crippen LogP contribution in [0.2, 0.25) is 0 Å². The van der Waals surface area contributed by atoms with Crippen molar-refractivity contribution in [1.29, 1.82) is 0 Å². The Kier molecular flexibility index (Phi) is 5.16. The average Bonchev–Trinajstić information content (AvgIpc) is 2.74. The summed E-state index contributed by atoms with van der Waals surface area (Å²) in [5.41, 5.74) is 2.33. The third-order valence-electron chi connectivity index (χ3n) is 3.38. The predicted octanol–water partition coefficient (Wildman–Crippen LogP) is 1.20. The fourth-order valence-corrected chi connectivity index (χ4v) is 2.26. The minimum absolute atomic E-state index is 0.0284. The summed E-state index contributed by atoms with van der Waals surface area (Å²) in [6, 6.07) is 5.52. The summed E-state index contributed by atoms with van der Waals surface area (Å²) in [7, 11) is 0. The first-order valence-corrected chi connectivity index (χ1v) is 6.80. The molecule has 0 atom stereocenters. The Morgan fingerprint density at radius 1 is 1.40 bits per heavy atom. The number of hydrogen-bond donors (Lipinski definition) is 1. The number of nitrogens with zero attached hydrogens (tertiary/aromatic N) is 1. The third-order valence-corrected chi connectivity index (χ3v) is 3.38. The molecular weight excluding hydrogens is 254 g/mol. The second-order valence-electron chi connectivity index (χ2n) is 4.70. The van der Waals surface area contributed by atoms with Gasteiger partial charge in [-0.05, 0) is 31.0 Å². The molecule has 1 amide bonds. The molecule has 1 fully saturated rings. The SMILES string of the molecule is Cc1c(C#CCO)cccc1C(=O)N1CCCOCC1. The minimum atomic E-state index is -0.179. The highest BCUT2D eigenvalue weighted by atomic mass is 16.5. The number of carbonyl (C=O) groups is 1. The molecule has 4 heteroatoms. The fraction of sp³-hybridized carbons (Fsp3) is 0.438. The van der Waals surface area contributed by atoms with Gasteiger partial charge in [0, 0.05) is 30.8 Å². The van der Waals surface area contributed by atoms with E-state index in [0.29, 0.717) is 25.3 Å². The standard InChI is InChI=1S/C16H19NO3/c1-13-14(6-3-10-18)5-2-7-15(13)16(19)17-8-4-11-20-12-9-17/h2,5,7,18H,4,8-12H2,1H3. The first kappa shape index (κ1) is 14.6. The summed E-state index contributed by atoms with van der Waals surface area (Å²) >= 11 is 0. The molecule has 0 spiro atoms. The van der Waals surface area contributed by atoms with E-state index in [1.165, 1.54) is 0 Å². The van der Waals surface area contributed by atoms with Crippen molar-refractivity contribution in [1.82, 2.24) is 4.90 Å². The highest BCUT2D eigenvalue weighted by Gasteiger charge is 2.19. The number of benzene rings is 1. The number of ether oxygens (including phenoxy) is 1. The maximum absolute atomic E-state index is 12.6. The molecule has 1 aromatic rings. The van der Waals surface area contributed by atoms with E-state index in [0.717, 1.165) is 24.1 Å². The molecule has 0 radical (unpaired) electrons. The highest BCUT2D eigenvalue weighted by molar-refractivity contribution is 5.96. The lowest BCUT2D eigenvalue weighted by molar-refractivity contribution is 0.0740. The van der Waals surface area contributed by atoms with Gasteiger partial charge in [0.05, 0.1) is 6.61 Å². The van der Waals surface area contributed by atoms with Crippen LogP contribution in [-0.2, 0) is 4.74 Å². The zero-order valence-electron chi connectivity index (χ0n) is 11.7. The lowest BCUT2D eigenvalue weighted by Gasteiger charge is -2.21. The molecule has 0 saturated carbocycles. The molecule has 106 valence electrons. The van der Waals surface area contributed by atoms with Crippen LogP contribution in [0, 0.1) is 18.8 Å². The number of aliphatic hydroxyl groups is 1. The van der Waals surface area contributed by atoms with Gasteiger partial charge in [0.15, 0.2) is 0 Å². The minimum Gasteiger partial charge on any atom is -0.384 e. The zero-order valence-corrected chi connectivity index (χ0v) is 11.7. The van der Waals surface area contributed by atoms with Gasteiger partial charge < -0.3 is 14.7 Å². The van der Waals surface area contributed by atoms with Crippen molar-refractivity contribution in [3.05, 3.63) is 34.9 Å². The van der Waals surface area contributed by atoms with Crippen molar-refractivity contribution in [3.63, 3.8) is 0 Å². The predicted molar refractivity (Wildman–Crippen MR) is 76.5 cm³/mol. The Morgan fingerprint density at radius 3 is 3.05 bits per heavy atom.